The van der Waals surface area contributed by atoms with Crippen LogP contribution in [0.4, 0.5) is 4.39 Å². The van der Waals surface area contributed by atoms with E-state index >= 15 is 0 Å². The smallest absolute Gasteiger partial charge is 0.242 e. The Morgan fingerprint density at radius 3 is 2.33 bits per heavy atom. The van der Waals surface area contributed by atoms with E-state index in [0.717, 1.165) is 11.1 Å². The molecule has 2 amide bonds. The van der Waals surface area contributed by atoms with E-state index < -0.39 is 6.04 Å². The Kier molecular flexibility index (Phi) is 7.55. The van der Waals surface area contributed by atoms with Crippen LogP contribution in [0.5, 0.6) is 0 Å². The molecule has 0 aliphatic carbocycles. The molecule has 4 nitrogen and oxygen atoms in total. The Bertz CT molecular complexity index is 791. The third-order valence-corrected chi connectivity index (χ3v) is 4.37. The minimum Gasteiger partial charge on any atom is -0.351 e. The minimum absolute atomic E-state index is 0.136. The van der Waals surface area contributed by atoms with Crippen LogP contribution in [0, 0.1) is 5.82 Å². The van der Waals surface area contributed by atoms with Crippen molar-refractivity contribution >= 4 is 23.4 Å². The van der Waals surface area contributed by atoms with Crippen LogP contribution >= 0.6 is 11.6 Å². The lowest BCUT2D eigenvalue weighted by Gasteiger charge is -2.29. The number of nitrogens with zero attached hydrogens (tertiary/aromatic N) is 1. The second kappa shape index (κ2) is 9.88. The monoisotopic (exact) mass is 388 g/mol. The number of carbonyl (C=O) groups excluding carboxylic acids is 2. The van der Waals surface area contributed by atoms with E-state index in [1.54, 1.807) is 49.4 Å². The molecule has 2 aromatic rings. The van der Waals surface area contributed by atoms with Crippen molar-refractivity contribution in [3.05, 3.63) is 83.2 Å². The zero-order chi connectivity index (χ0) is 19.8. The molecule has 0 bridgehead atoms. The SMILES string of the molecule is C=CCNC(=O)[C@H](C)N(Cc1ccc(F)cc1)C(=O)Cc1ccc(Cl)cc1. The van der Waals surface area contributed by atoms with E-state index in [9.17, 15) is 14.0 Å². The van der Waals surface area contributed by atoms with Gasteiger partial charge in [-0.2, -0.15) is 0 Å². The van der Waals surface area contributed by atoms with Gasteiger partial charge >= 0.3 is 0 Å². The van der Waals surface area contributed by atoms with Crippen molar-refractivity contribution in [3.8, 4) is 0 Å². The topological polar surface area (TPSA) is 49.4 Å². The number of amides is 2. The van der Waals surface area contributed by atoms with Gasteiger partial charge in [0.15, 0.2) is 0 Å². The lowest BCUT2D eigenvalue weighted by Crippen LogP contribution is -2.48. The molecule has 0 radical (unpaired) electrons. The third-order valence-electron chi connectivity index (χ3n) is 4.12. The Balaban J connectivity index is 2.19. The predicted molar refractivity (Wildman–Crippen MR) is 105 cm³/mol. The highest BCUT2D eigenvalue weighted by atomic mass is 35.5. The summed E-state index contributed by atoms with van der Waals surface area (Å²) >= 11 is 5.88. The van der Waals surface area contributed by atoms with Crippen LogP contribution in [0.25, 0.3) is 0 Å². The van der Waals surface area contributed by atoms with Crippen molar-refractivity contribution in [1.82, 2.24) is 10.2 Å². The van der Waals surface area contributed by atoms with E-state index in [1.165, 1.54) is 17.0 Å². The molecule has 142 valence electrons. The highest BCUT2D eigenvalue weighted by Gasteiger charge is 2.25. The fourth-order valence-corrected chi connectivity index (χ4v) is 2.69. The maximum Gasteiger partial charge on any atom is 0.242 e. The summed E-state index contributed by atoms with van der Waals surface area (Å²) in [5.74, 6) is -0.834. The highest BCUT2D eigenvalue weighted by Crippen LogP contribution is 2.15. The zero-order valence-electron chi connectivity index (χ0n) is 15.1. The van der Waals surface area contributed by atoms with Crippen LogP contribution in [-0.2, 0) is 22.6 Å². The van der Waals surface area contributed by atoms with Gasteiger partial charge < -0.3 is 10.2 Å². The van der Waals surface area contributed by atoms with Gasteiger partial charge in [0.2, 0.25) is 11.8 Å². The lowest BCUT2D eigenvalue weighted by molar-refractivity contribution is -0.140. The molecule has 0 aromatic heterocycles. The van der Waals surface area contributed by atoms with Gasteiger partial charge in [0, 0.05) is 18.1 Å². The fraction of sp³-hybridized carbons (Fsp3) is 0.238. The fourth-order valence-electron chi connectivity index (χ4n) is 2.57. The number of hydrogen-bond acceptors (Lipinski definition) is 2. The summed E-state index contributed by atoms with van der Waals surface area (Å²) in [6, 6.07) is 12.2. The maximum atomic E-state index is 13.2. The van der Waals surface area contributed by atoms with Crippen LogP contribution in [0.15, 0.2) is 61.2 Å². The normalized spacial score (nSPS) is 11.5. The van der Waals surface area contributed by atoms with E-state index in [1.807, 2.05) is 0 Å². The number of halogens is 2. The van der Waals surface area contributed by atoms with Crippen molar-refractivity contribution in [3.63, 3.8) is 0 Å². The first-order chi connectivity index (χ1) is 12.9. The Morgan fingerprint density at radius 1 is 1.15 bits per heavy atom. The molecule has 0 saturated carbocycles. The summed E-state index contributed by atoms with van der Waals surface area (Å²) in [5.41, 5.74) is 1.54. The molecule has 6 heteroatoms. The summed E-state index contributed by atoms with van der Waals surface area (Å²) in [5, 5.41) is 3.29. The van der Waals surface area contributed by atoms with Gasteiger partial charge in [-0.15, -0.1) is 6.58 Å². The highest BCUT2D eigenvalue weighted by molar-refractivity contribution is 6.30. The first-order valence-electron chi connectivity index (χ1n) is 8.57. The quantitative estimate of drug-likeness (QED) is 0.700. The van der Waals surface area contributed by atoms with Crippen molar-refractivity contribution in [2.24, 2.45) is 0 Å². The van der Waals surface area contributed by atoms with Crippen molar-refractivity contribution in [2.45, 2.75) is 25.9 Å². The molecule has 0 aliphatic rings. The minimum atomic E-state index is -0.685. The molecule has 1 N–H and O–H groups in total. The molecule has 27 heavy (non-hydrogen) atoms. The molecule has 0 aliphatic heterocycles. The molecule has 0 fully saturated rings. The number of rotatable bonds is 8. The van der Waals surface area contributed by atoms with Crippen LogP contribution in [0.3, 0.4) is 0 Å². The summed E-state index contributed by atoms with van der Waals surface area (Å²) in [7, 11) is 0. The first-order valence-corrected chi connectivity index (χ1v) is 8.95. The average Bonchev–Trinajstić information content (AvgIpc) is 2.66. The lowest BCUT2D eigenvalue weighted by atomic mass is 10.1. The van der Waals surface area contributed by atoms with E-state index in [0.29, 0.717) is 11.6 Å². The van der Waals surface area contributed by atoms with Gasteiger partial charge in [0.1, 0.15) is 11.9 Å². The van der Waals surface area contributed by atoms with Crippen molar-refractivity contribution in [2.75, 3.05) is 6.54 Å². The van der Waals surface area contributed by atoms with Crippen LogP contribution in [0.2, 0.25) is 5.02 Å². The van der Waals surface area contributed by atoms with Crippen molar-refractivity contribution in [1.29, 1.82) is 0 Å². The number of hydrogen-bond donors (Lipinski definition) is 1. The number of nitrogens with one attached hydrogen (secondary N) is 1. The van der Waals surface area contributed by atoms with Gasteiger partial charge in [-0.3, -0.25) is 9.59 Å². The molecule has 1 atom stereocenters. The zero-order valence-corrected chi connectivity index (χ0v) is 15.9. The van der Waals surface area contributed by atoms with E-state index in [-0.39, 0.29) is 30.6 Å². The predicted octanol–water partition coefficient (Wildman–Crippen LogP) is 3.74. The summed E-state index contributed by atoms with van der Waals surface area (Å²) < 4.78 is 13.2. The Hall–Kier alpha value is -2.66. The molecule has 0 spiro atoms. The number of carbonyl (C=O) groups is 2. The van der Waals surface area contributed by atoms with Crippen LogP contribution in [0.1, 0.15) is 18.1 Å². The Morgan fingerprint density at radius 2 is 1.74 bits per heavy atom. The molecule has 0 heterocycles. The molecule has 2 aromatic carbocycles. The van der Waals surface area contributed by atoms with E-state index in [4.69, 9.17) is 11.6 Å². The van der Waals surface area contributed by atoms with Crippen LogP contribution < -0.4 is 5.32 Å². The Labute approximate surface area is 163 Å². The standard InChI is InChI=1S/C21H22ClFN2O2/c1-3-12-24-21(27)15(2)25(14-17-6-10-19(23)11-7-17)20(26)13-16-4-8-18(22)9-5-16/h3-11,15H,1,12-14H2,2H3,(H,24,27)/t15-/m0/s1. The van der Waals surface area contributed by atoms with Gasteiger partial charge in [0.05, 0.1) is 6.42 Å². The second-order valence-electron chi connectivity index (χ2n) is 6.16. The maximum absolute atomic E-state index is 13.2. The summed E-state index contributed by atoms with van der Waals surface area (Å²) in [4.78, 5) is 26.8. The van der Waals surface area contributed by atoms with Crippen LogP contribution in [-0.4, -0.2) is 29.3 Å². The molecule has 0 saturated heterocycles. The molecular formula is C21H22ClFN2O2. The van der Waals surface area contributed by atoms with Gasteiger partial charge in [-0.25, -0.2) is 4.39 Å². The second-order valence-corrected chi connectivity index (χ2v) is 6.60. The summed E-state index contributed by atoms with van der Waals surface area (Å²) in [6.07, 6.45) is 1.71. The van der Waals surface area contributed by atoms with Gasteiger partial charge in [-0.05, 0) is 42.3 Å². The summed E-state index contributed by atoms with van der Waals surface area (Å²) in [6.45, 7) is 5.76. The molecule has 2 rings (SSSR count). The third kappa shape index (κ3) is 6.22. The van der Waals surface area contributed by atoms with Gasteiger partial charge in [-0.1, -0.05) is 41.9 Å². The van der Waals surface area contributed by atoms with Gasteiger partial charge in [0.25, 0.3) is 0 Å². The largest absolute Gasteiger partial charge is 0.351 e. The van der Waals surface area contributed by atoms with Crippen molar-refractivity contribution < 1.29 is 14.0 Å². The average molecular weight is 389 g/mol. The first kappa shape index (κ1) is 20.6. The number of benzene rings is 2. The molecule has 0 unspecified atom stereocenters. The molecular weight excluding hydrogens is 367 g/mol. The van der Waals surface area contributed by atoms with E-state index in [2.05, 4.69) is 11.9 Å².